The van der Waals surface area contributed by atoms with E-state index in [4.69, 9.17) is 0 Å². The first-order chi connectivity index (χ1) is 7.07. The van der Waals surface area contributed by atoms with E-state index in [1.807, 2.05) is 7.05 Å². The standard InChI is InChI=1S/C10H20N2O2S/c1-12(7-9-3-2-5-11-9)10-4-6-15(13,14)8-10/h9-11H,2-8H2,1H3. The van der Waals surface area contributed by atoms with E-state index in [1.165, 1.54) is 12.8 Å². The average Bonchev–Trinajstić information content (AvgIpc) is 2.74. The van der Waals surface area contributed by atoms with Crippen LogP contribution in [0.3, 0.4) is 0 Å². The van der Waals surface area contributed by atoms with Crippen molar-refractivity contribution < 1.29 is 8.42 Å². The Morgan fingerprint density at radius 2 is 2.20 bits per heavy atom. The fraction of sp³-hybridized carbons (Fsp3) is 1.00. The maximum Gasteiger partial charge on any atom is 0.151 e. The lowest BCUT2D eigenvalue weighted by molar-refractivity contribution is 0.239. The van der Waals surface area contributed by atoms with Crippen molar-refractivity contribution >= 4 is 9.84 Å². The Bertz CT molecular complexity index is 309. The zero-order valence-corrected chi connectivity index (χ0v) is 10.1. The lowest BCUT2D eigenvalue weighted by Crippen LogP contribution is -2.41. The zero-order valence-electron chi connectivity index (χ0n) is 9.28. The maximum atomic E-state index is 11.3. The van der Waals surface area contributed by atoms with Gasteiger partial charge in [0.25, 0.3) is 0 Å². The first-order valence-electron chi connectivity index (χ1n) is 5.71. The van der Waals surface area contributed by atoms with Gasteiger partial charge in [0.2, 0.25) is 0 Å². The Hall–Kier alpha value is -0.130. The summed E-state index contributed by atoms with van der Waals surface area (Å²) in [6, 6.07) is 0.815. The number of rotatable bonds is 3. The van der Waals surface area contributed by atoms with Crippen LogP contribution < -0.4 is 5.32 Å². The largest absolute Gasteiger partial charge is 0.313 e. The molecule has 0 spiro atoms. The second-order valence-electron chi connectivity index (χ2n) is 4.79. The van der Waals surface area contributed by atoms with Gasteiger partial charge in [-0.3, -0.25) is 0 Å². The summed E-state index contributed by atoms with van der Waals surface area (Å²) in [4.78, 5) is 2.22. The third kappa shape index (κ3) is 2.92. The van der Waals surface area contributed by atoms with Gasteiger partial charge in [0.1, 0.15) is 0 Å². The van der Waals surface area contributed by atoms with Crippen molar-refractivity contribution in [3.63, 3.8) is 0 Å². The van der Waals surface area contributed by atoms with Crippen molar-refractivity contribution in [2.45, 2.75) is 31.3 Å². The van der Waals surface area contributed by atoms with Gasteiger partial charge in [-0.05, 0) is 32.9 Å². The Balaban J connectivity index is 1.83. The number of nitrogens with one attached hydrogen (secondary N) is 1. The molecule has 0 bridgehead atoms. The van der Waals surface area contributed by atoms with Gasteiger partial charge in [0.15, 0.2) is 9.84 Å². The van der Waals surface area contributed by atoms with Crippen molar-refractivity contribution in [2.75, 3.05) is 31.6 Å². The second kappa shape index (κ2) is 4.39. The summed E-state index contributed by atoms with van der Waals surface area (Å²) in [5.74, 6) is 0.732. The number of nitrogens with zero attached hydrogens (tertiary/aromatic N) is 1. The monoisotopic (exact) mass is 232 g/mol. The zero-order chi connectivity index (χ0) is 10.9. The molecule has 0 amide bonds. The molecule has 4 nitrogen and oxygen atoms in total. The summed E-state index contributed by atoms with van der Waals surface area (Å²) in [5.41, 5.74) is 0. The third-order valence-corrected chi connectivity index (χ3v) is 5.25. The van der Waals surface area contributed by atoms with Crippen LogP contribution in [-0.4, -0.2) is 57.0 Å². The molecule has 5 heteroatoms. The van der Waals surface area contributed by atoms with Gasteiger partial charge in [0.05, 0.1) is 11.5 Å². The van der Waals surface area contributed by atoms with Crippen molar-refractivity contribution in [3.05, 3.63) is 0 Å². The lowest BCUT2D eigenvalue weighted by atomic mass is 10.2. The summed E-state index contributed by atoms with van der Waals surface area (Å²) >= 11 is 0. The maximum absolute atomic E-state index is 11.3. The van der Waals surface area contributed by atoms with Gasteiger partial charge in [-0.15, -0.1) is 0 Å². The van der Waals surface area contributed by atoms with E-state index in [1.54, 1.807) is 0 Å². The molecule has 2 atom stereocenters. The number of sulfone groups is 1. The quantitative estimate of drug-likeness (QED) is 0.736. The molecule has 2 saturated heterocycles. The first-order valence-corrected chi connectivity index (χ1v) is 7.53. The third-order valence-electron chi connectivity index (χ3n) is 3.50. The van der Waals surface area contributed by atoms with Gasteiger partial charge in [-0.2, -0.15) is 0 Å². The molecule has 0 saturated carbocycles. The highest BCUT2D eigenvalue weighted by atomic mass is 32.2. The van der Waals surface area contributed by atoms with Gasteiger partial charge < -0.3 is 10.2 Å². The highest BCUT2D eigenvalue weighted by Gasteiger charge is 2.31. The summed E-state index contributed by atoms with van der Waals surface area (Å²) in [5, 5.41) is 3.44. The van der Waals surface area contributed by atoms with Crippen molar-refractivity contribution in [1.29, 1.82) is 0 Å². The Kier molecular flexibility index (Phi) is 3.33. The van der Waals surface area contributed by atoms with E-state index in [-0.39, 0.29) is 6.04 Å². The van der Waals surface area contributed by atoms with Crippen LogP contribution in [0.2, 0.25) is 0 Å². The van der Waals surface area contributed by atoms with E-state index in [0.717, 1.165) is 19.5 Å². The molecule has 1 N–H and O–H groups in total. The Morgan fingerprint density at radius 3 is 2.73 bits per heavy atom. The van der Waals surface area contributed by atoms with Crippen LogP contribution in [-0.2, 0) is 9.84 Å². The van der Waals surface area contributed by atoms with E-state index < -0.39 is 9.84 Å². The van der Waals surface area contributed by atoms with Gasteiger partial charge in [-0.1, -0.05) is 0 Å². The van der Waals surface area contributed by atoms with Crippen LogP contribution in [0.25, 0.3) is 0 Å². The highest BCUT2D eigenvalue weighted by Crippen LogP contribution is 2.17. The van der Waals surface area contributed by atoms with Crippen LogP contribution in [0.15, 0.2) is 0 Å². The minimum atomic E-state index is -2.74. The molecule has 0 aromatic carbocycles. The summed E-state index contributed by atoms with van der Waals surface area (Å²) in [7, 11) is -0.689. The lowest BCUT2D eigenvalue weighted by Gasteiger charge is -2.26. The van der Waals surface area contributed by atoms with Crippen LogP contribution in [0.1, 0.15) is 19.3 Å². The minimum Gasteiger partial charge on any atom is -0.313 e. The molecule has 15 heavy (non-hydrogen) atoms. The number of likely N-dealkylation sites (N-methyl/N-ethyl adjacent to an activating group) is 1. The molecule has 2 aliphatic rings. The van der Waals surface area contributed by atoms with E-state index >= 15 is 0 Å². The molecule has 2 rings (SSSR count). The molecule has 0 aliphatic carbocycles. The van der Waals surface area contributed by atoms with Crippen molar-refractivity contribution in [2.24, 2.45) is 0 Å². The predicted molar refractivity (Wildman–Crippen MR) is 60.7 cm³/mol. The van der Waals surface area contributed by atoms with E-state index in [0.29, 0.717) is 17.5 Å². The highest BCUT2D eigenvalue weighted by molar-refractivity contribution is 7.91. The van der Waals surface area contributed by atoms with Crippen LogP contribution in [0, 0.1) is 0 Å². The molecular weight excluding hydrogens is 212 g/mol. The molecule has 2 aliphatic heterocycles. The first kappa shape index (κ1) is 11.4. The van der Waals surface area contributed by atoms with Crippen molar-refractivity contribution in [1.82, 2.24) is 10.2 Å². The van der Waals surface area contributed by atoms with E-state index in [9.17, 15) is 8.42 Å². The minimum absolute atomic E-state index is 0.248. The fourth-order valence-corrected chi connectivity index (χ4v) is 4.34. The van der Waals surface area contributed by atoms with Gasteiger partial charge in [-0.25, -0.2) is 8.42 Å². The normalized spacial score (nSPS) is 35.1. The molecule has 2 unspecified atom stereocenters. The molecule has 0 radical (unpaired) electrons. The van der Waals surface area contributed by atoms with Gasteiger partial charge >= 0.3 is 0 Å². The van der Waals surface area contributed by atoms with Crippen LogP contribution in [0.5, 0.6) is 0 Å². The molecular formula is C10H20N2O2S. The van der Waals surface area contributed by atoms with Crippen LogP contribution >= 0.6 is 0 Å². The molecule has 0 aromatic heterocycles. The molecule has 2 fully saturated rings. The summed E-state index contributed by atoms with van der Waals surface area (Å²) in [6.07, 6.45) is 3.29. The Morgan fingerprint density at radius 1 is 1.40 bits per heavy atom. The Labute approximate surface area is 91.9 Å². The van der Waals surface area contributed by atoms with Gasteiger partial charge in [0, 0.05) is 18.6 Å². The molecule has 0 aromatic rings. The fourth-order valence-electron chi connectivity index (χ4n) is 2.53. The van der Waals surface area contributed by atoms with E-state index in [2.05, 4.69) is 10.2 Å². The molecule has 2 heterocycles. The van der Waals surface area contributed by atoms with Crippen molar-refractivity contribution in [3.8, 4) is 0 Å². The summed E-state index contributed by atoms with van der Waals surface area (Å²) in [6.45, 7) is 2.10. The number of hydrogen-bond acceptors (Lipinski definition) is 4. The SMILES string of the molecule is CN(CC1CCCN1)C1CCS(=O)(=O)C1. The number of hydrogen-bond donors (Lipinski definition) is 1. The summed E-state index contributed by atoms with van der Waals surface area (Å²) < 4.78 is 22.7. The smallest absolute Gasteiger partial charge is 0.151 e. The molecule has 88 valence electrons. The topological polar surface area (TPSA) is 49.4 Å². The predicted octanol–water partition coefficient (Wildman–Crippen LogP) is -0.143. The second-order valence-corrected chi connectivity index (χ2v) is 7.02. The van der Waals surface area contributed by atoms with Crippen LogP contribution in [0.4, 0.5) is 0 Å². The average molecular weight is 232 g/mol.